The van der Waals surface area contributed by atoms with E-state index < -0.39 is 0 Å². The van der Waals surface area contributed by atoms with Gasteiger partial charge in [-0.15, -0.1) is 0 Å². The maximum Gasteiger partial charge on any atom is 0.144 e. The zero-order valence-corrected chi connectivity index (χ0v) is 9.73. The molecule has 2 aromatic rings. The highest BCUT2D eigenvalue weighted by atomic mass is 16.3. The van der Waals surface area contributed by atoms with Crippen LogP contribution in [0.5, 0.6) is 5.75 Å². The van der Waals surface area contributed by atoms with E-state index in [1.54, 1.807) is 18.2 Å². The van der Waals surface area contributed by atoms with Crippen molar-refractivity contribution in [3.63, 3.8) is 0 Å². The molecule has 4 nitrogen and oxygen atoms in total. The SMILES string of the molecule is [B]c1ccc(-c2cc(C)c(NC)cc2O)nn1. The molecule has 1 heterocycles. The highest BCUT2D eigenvalue weighted by molar-refractivity contribution is 6.30. The fraction of sp³-hybridized carbons (Fsp3) is 0.167. The summed E-state index contributed by atoms with van der Waals surface area (Å²) in [7, 11) is 7.28. The standard InChI is InChI=1S/C12H12BN3O/c1-7-5-8(11(17)6-10(7)14-2)9-3-4-12(13)16-15-9/h3-6,14,17H,1-2H3. The maximum absolute atomic E-state index is 9.93. The van der Waals surface area contributed by atoms with E-state index in [4.69, 9.17) is 7.85 Å². The van der Waals surface area contributed by atoms with E-state index in [0.717, 1.165) is 11.3 Å². The number of aryl methyl sites for hydroxylation is 1. The van der Waals surface area contributed by atoms with Crippen molar-refractivity contribution < 1.29 is 5.11 Å². The van der Waals surface area contributed by atoms with Crippen molar-refractivity contribution in [1.82, 2.24) is 10.2 Å². The van der Waals surface area contributed by atoms with Gasteiger partial charge in [0.15, 0.2) is 0 Å². The Morgan fingerprint density at radius 3 is 2.59 bits per heavy atom. The molecule has 0 saturated carbocycles. The van der Waals surface area contributed by atoms with Crippen molar-refractivity contribution in [2.75, 3.05) is 12.4 Å². The maximum atomic E-state index is 9.93. The van der Waals surface area contributed by atoms with E-state index in [1.165, 1.54) is 0 Å². The predicted octanol–water partition coefficient (Wildman–Crippen LogP) is 0.993. The van der Waals surface area contributed by atoms with Gasteiger partial charge in [0.05, 0.1) is 5.69 Å². The van der Waals surface area contributed by atoms with E-state index >= 15 is 0 Å². The summed E-state index contributed by atoms with van der Waals surface area (Å²) < 4.78 is 0. The molecule has 0 fully saturated rings. The third kappa shape index (κ3) is 2.23. The number of aromatic hydroxyl groups is 1. The molecule has 0 aliphatic carbocycles. The molecule has 2 rings (SSSR count). The van der Waals surface area contributed by atoms with Gasteiger partial charge < -0.3 is 10.4 Å². The van der Waals surface area contributed by atoms with Gasteiger partial charge in [-0.1, -0.05) is 0 Å². The van der Waals surface area contributed by atoms with Gasteiger partial charge in [-0.3, -0.25) is 0 Å². The lowest BCUT2D eigenvalue weighted by Crippen LogP contribution is -2.09. The number of nitrogens with one attached hydrogen (secondary N) is 1. The van der Waals surface area contributed by atoms with Crippen LogP contribution in [0.25, 0.3) is 11.3 Å². The minimum absolute atomic E-state index is 0.166. The van der Waals surface area contributed by atoms with Gasteiger partial charge in [-0.2, -0.15) is 10.2 Å². The molecular weight excluding hydrogens is 213 g/mol. The average molecular weight is 225 g/mol. The molecule has 0 aliphatic rings. The topological polar surface area (TPSA) is 58.0 Å². The van der Waals surface area contributed by atoms with Crippen LogP contribution in [0, 0.1) is 6.92 Å². The summed E-state index contributed by atoms with van der Waals surface area (Å²) in [5.74, 6) is 0.166. The molecule has 0 bridgehead atoms. The van der Waals surface area contributed by atoms with Crippen LogP contribution in [0.4, 0.5) is 5.69 Å². The Hall–Kier alpha value is -2.04. The van der Waals surface area contributed by atoms with Crippen molar-refractivity contribution in [2.45, 2.75) is 6.92 Å². The van der Waals surface area contributed by atoms with E-state index in [1.807, 2.05) is 20.0 Å². The van der Waals surface area contributed by atoms with Crippen LogP contribution in [0.3, 0.4) is 0 Å². The lowest BCUT2D eigenvalue weighted by atomic mass is 10.0. The van der Waals surface area contributed by atoms with E-state index in [0.29, 0.717) is 16.9 Å². The van der Waals surface area contributed by atoms with Crippen LogP contribution in [0.15, 0.2) is 24.3 Å². The number of hydrogen-bond acceptors (Lipinski definition) is 4. The van der Waals surface area contributed by atoms with Crippen LogP contribution in [-0.2, 0) is 0 Å². The molecule has 1 aromatic heterocycles. The number of aromatic nitrogens is 2. The summed E-state index contributed by atoms with van der Waals surface area (Å²) in [5.41, 5.74) is 3.52. The highest BCUT2D eigenvalue weighted by Crippen LogP contribution is 2.32. The number of benzene rings is 1. The Balaban J connectivity index is 2.52. The second-order valence-electron chi connectivity index (χ2n) is 3.78. The first-order valence-corrected chi connectivity index (χ1v) is 5.22. The Morgan fingerprint density at radius 2 is 2.00 bits per heavy atom. The third-order valence-corrected chi connectivity index (χ3v) is 2.57. The van der Waals surface area contributed by atoms with Crippen LogP contribution >= 0.6 is 0 Å². The van der Waals surface area contributed by atoms with Gasteiger partial charge in [-0.05, 0) is 30.7 Å². The number of phenols is 1. The molecule has 0 aliphatic heterocycles. The number of nitrogens with zero attached hydrogens (tertiary/aromatic N) is 2. The molecule has 5 heteroatoms. The van der Waals surface area contributed by atoms with Crippen molar-refractivity contribution in [2.24, 2.45) is 0 Å². The summed E-state index contributed by atoms with van der Waals surface area (Å²) in [6, 6.07) is 6.92. The number of hydrogen-bond donors (Lipinski definition) is 2. The highest BCUT2D eigenvalue weighted by Gasteiger charge is 2.09. The second-order valence-corrected chi connectivity index (χ2v) is 3.78. The summed E-state index contributed by atoms with van der Waals surface area (Å²) in [6.07, 6.45) is 0. The Kier molecular flexibility index (Phi) is 3.00. The lowest BCUT2D eigenvalue weighted by molar-refractivity contribution is 0.477. The third-order valence-electron chi connectivity index (χ3n) is 2.57. The first kappa shape index (κ1) is 11.5. The van der Waals surface area contributed by atoms with Gasteiger partial charge in [0.1, 0.15) is 13.6 Å². The first-order chi connectivity index (χ1) is 8.11. The lowest BCUT2D eigenvalue weighted by Gasteiger charge is -2.10. The summed E-state index contributed by atoms with van der Waals surface area (Å²) in [5, 5.41) is 20.7. The van der Waals surface area contributed by atoms with Gasteiger partial charge in [0.2, 0.25) is 0 Å². The Morgan fingerprint density at radius 1 is 1.24 bits per heavy atom. The van der Waals surface area contributed by atoms with Crippen LogP contribution in [-0.4, -0.2) is 30.2 Å². The fourth-order valence-corrected chi connectivity index (χ4v) is 1.66. The monoisotopic (exact) mass is 225 g/mol. The second kappa shape index (κ2) is 4.45. The molecule has 84 valence electrons. The van der Waals surface area contributed by atoms with E-state index in [2.05, 4.69) is 15.5 Å². The molecule has 0 amide bonds. The summed E-state index contributed by atoms with van der Waals surface area (Å²) >= 11 is 0. The molecule has 0 unspecified atom stereocenters. The average Bonchev–Trinajstić information content (AvgIpc) is 2.33. The number of rotatable bonds is 2. The van der Waals surface area contributed by atoms with Crippen molar-refractivity contribution in [3.8, 4) is 17.0 Å². The zero-order valence-electron chi connectivity index (χ0n) is 9.73. The fourth-order valence-electron chi connectivity index (χ4n) is 1.66. The molecular formula is C12H12BN3O. The molecule has 0 saturated heterocycles. The zero-order chi connectivity index (χ0) is 12.4. The number of phenolic OH excluding ortho intramolecular Hbond substituents is 1. The van der Waals surface area contributed by atoms with Crippen LogP contribution < -0.4 is 10.9 Å². The first-order valence-electron chi connectivity index (χ1n) is 5.22. The molecule has 0 spiro atoms. The summed E-state index contributed by atoms with van der Waals surface area (Å²) in [6.45, 7) is 1.96. The van der Waals surface area contributed by atoms with E-state index in [-0.39, 0.29) is 5.75 Å². The van der Waals surface area contributed by atoms with Crippen LogP contribution in [0.1, 0.15) is 5.56 Å². The molecule has 1 aromatic carbocycles. The van der Waals surface area contributed by atoms with Crippen molar-refractivity contribution in [3.05, 3.63) is 29.8 Å². The molecule has 2 N–H and O–H groups in total. The largest absolute Gasteiger partial charge is 0.507 e. The smallest absolute Gasteiger partial charge is 0.144 e. The number of anilines is 1. The van der Waals surface area contributed by atoms with Gasteiger partial charge in [0, 0.05) is 30.0 Å². The minimum atomic E-state index is 0.166. The van der Waals surface area contributed by atoms with Crippen molar-refractivity contribution in [1.29, 1.82) is 0 Å². The Bertz CT molecular complexity index is 540. The summed E-state index contributed by atoms with van der Waals surface area (Å²) in [4.78, 5) is 0. The Labute approximate surface area is 101 Å². The minimum Gasteiger partial charge on any atom is -0.507 e. The molecule has 2 radical (unpaired) electrons. The molecule has 0 atom stereocenters. The van der Waals surface area contributed by atoms with E-state index in [9.17, 15) is 5.11 Å². The van der Waals surface area contributed by atoms with Gasteiger partial charge in [0.25, 0.3) is 0 Å². The normalized spacial score (nSPS) is 10.2. The quantitative estimate of drug-likeness (QED) is 0.748. The molecule has 17 heavy (non-hydrogen) atoms. The predicted molar refractivity (Wildman–Crippen MR) is 68.8 cm³/mol. The van der Waals surface area contributed by atoms with Gasteiger partial charge in [-0.25, -0.2) is 0 Å². The van der Waals surface area contributed by atoms with Gasteiger partial charge >= 0.3 is 0 Å². The van der Waals surface area contributed by atoms with Crippen LogP contribution in [0.2, 0.25) is 0 Å². The van der Waals surface area contributed by atoms with Crippen molar-refractivity contribution >= 4 is 19.1 Å².